The van der Waals surface area contributed by atoms with Crippen LogP contribution in [0.4, 0.5) is 0 Å². The fourth-order valence-corrected chi connectivity index (χ4v) is 4.10. The van der Waals surface area contributed by atoms with Crippen molar-refractivity contribution in [3.05, 3.63) is 12.2 Å². The number of allylic oxidation sites excluding steroid dienone is 2. The van der Waals surface area contributed by atoms with E-state index in [1.54, 1.807) is 0 Å². The Bertz CT molecular complexity index is 432. The summed E-state index contributed by atoms with van der Waals surface area (Å²) in [4.78, 5) is 23.8. The van der Waals surface area contributed by atoms with Crippen LogP contribution in [0.3, 0.4) is 0 Å². The summed E-state index contributed by atoms with van der Waals surface area (Å²) in [6.45, 7) is 2.90. The summed E-state index contributed by atoms with van der Waals surface area (Å²) in [7, 11) is 0. The van der Waals surface area contributed by atoms with Gasteiger partial charge in [-0.2, -0.15) is 0 Å². The van der Waals surface area contributed by atoms with Crippen molar-refractivity contribution in [2.45, 2.75) is 64.7 Å². The smallest absolute Gasteiger partial charge is 0.307 e. The van der Waals surface area contributed by atoms with Gasteiger partial charge in [0, 0.05) is 6.54 Å². The molecule has 2 N–H and O–H groups in total. The number of hydrogen-bond donors (Lipinski definition) is 2. The zero-order valence-electron chi connectivity index (χ0n) is 14.3. The van der Waals surface area contributed by atoms with Crippen LogP contribution in [0.15, 0.2) is 12.2 Å². The molecule has 4 atom stereocenters. The number of nitrogens with one attached hydrogen (secondary N) is 1. The van der Waals surface area contributed by atoms with Gasteiger partial charge < -0.3 is 10.4 Å². The van der Waals surface area contributed by atoms with E-state index >= 15 is 0 Å². The Hall–Kier alpha value is -1.32. The fourth-order valence-electron chi connectivity index (χ4n) is 4.10. The molecule has 0 saturated heterocycles. The molecule has 2 rings (SSSR count). The van der Waals surface area contributed by atoms with E-state index in [-0.39, 0.29) is 23.7 Å². The molecule has 130 valence electrons. The van der Waals surface area contributed by atoms with Gasteiger partial charge >= 0.3 is 5.97 Å². The van der Waals surface area contributed by atoms with Crippen molar-refractivity contribution in [1.82, 2.24) is 5.32 Å². The molecule has 0 spiro atoms. The van der Waals surface area contributed by atoms with E-state index in [0.717, 1.165) is 19.3 Å². The maximum atomic E-state index is 12.3. The van der Waals surface area contributed by atoms with Gasteiger partial charge in [0.2, 0.25) is 5.91 Å². The monoisotopic (exact) mass is 321 g/mol. The molecular weight excluding hydrogens is 290 g/mol. The molecule has 1 fully saturated rings. The number of fused-ring (bicyclic) bond motifs is 2. The van der Waals surface area contributed by atoms with Gasteiger partial charge in [0.15, 0.2) is 0 Å². The number of carboxylic acids is 1. The molecule has 2 aliphatic rings. The molecule has 0 heterocycles. The first-order valence-electron chi connectivity index (χ1n) is 9.34. The first-order chi connectivity index (χ1) is 11.1. The van der Waals surface area contributed by atoms with Crippen LogP contribution < -0.4 is 5.32 Å². The Morgan fingerprint density at radius 1 is 0.957 bits per heavy atom. The van der Waals surface area contributed by atoms with Crippen LogP contribution in [-0.2, 0) is 9.59 Å². The molecule has 1 saturated carbocycles. The van der Waals surface area contributed by atoms with Gasteiger partial charge in [0.1, 0.15) is 0 Å². The van der Waals surface area contributed by atoms with Gasteiger partial charge in [-0.05, 0) is 24.7 Å². The molecule has 0 aliphatic heterocycles. The summed E-state index contributed by atoms with van der Waals surface area (Å²) in [6, 6.07) is 0. The highest BCUT2D eigenvalue weighted by Gasteiger charge is 2.51. The van der Waals surface area contributed by atoms with Gasteiger partial charge in [-0.15, -0.1) is 0 Å². The first-order valence-corrected chi connectivity index (χ1v) is 9.34. The highest BCUT2D eigenvalue weighted by Crippen LogP contribution is 2.48. The summed E-state index contributed by atoms with van der Waals surface area (Å²) in [5.74, 6) is -1.59. The molecule has 23 heavy (non-hydrogen) atoms. The minimum absolute atomic E-state index is 0.0522. The van der Waals surface area contributed by atoms with Gasteiger partial charge in [0.25, 0.3) is 0 Å². The Morgan fingerprint density at radius 2 is 1.52 bits per heavy atom. The summed E-state index contributed by atoms with van der Waals surface area (Å²) in [5.41, 5.74) is 0. The largest absolute Gasteiger partial charge is 0.481 e. The third kappa shape index (κ3) is 4.82. The molecule has 0 radical (unpaired) electrons. The molecule has 2 bridgehead atoms. The van der Waals surface area contributed by atoms with E-state index in [4.69, 9.17) is 0 Å². The topological polar surface area (TPSA) is 66.4 Å². The second-order valence-electron chi connectivity index (χ2n) is 7.10. The van der Waals surface area contributed by atoms with E-state index < -0.39 is 11.9 Å². The number of carboxylic acid groups (broad SMARTS) is 1. The lowest BCUT2D eigenvalue weighted by atomic mass is 9.82. The average molecular weight is 321 g/mol. The third-order valence-electron chi connectivity index (χ3n) is 5.38. The molecule has 1 amide bonds. The molecule has 0 aromatic heterocycles. The van der Waals surface area contributed by atoms with Crippen molar-refractivity contribution >= 4 is 11.9 Å². The van der Waals surface area contributed by atoms with E-state index in [2.05, 4.69) is 12.2 Å². The van der Waals surface area contributed by atoms with Gasteiger partial charge in [0.05, 0.1) is 11.8 Å². The van der Waals surface area contributed by atoms with E-state index in [1.165, 1.54) is 38.5 Å². The SMILES string of the molecule is CCCCCCCCCCNC(=O)C1C2C=CC(C2)C1C(=O)O. The van der Waals surface area contributed by atoms with Crippen molar-refractivity contribution in [2.24, 2.45) is 23.7 Å². The van der Waals surface area contributed by atoms with Crippen molar-refractivity contribution in [1.29, 1.82) is 0 Å². The van der Waals surface area contributed by atoms with Gasteiger partial charge in [-0.1, -0.05) is 64.0 Å². The normalized spacial score (nSPS) is 28.2. The quantitative estimate of drug-likeness (QED) is 0.450. The average Bonchev–Trinajstić information content (AvgIpc) is 3.14. The molecule has 4 heteroatoms. The number of carbonyl (C=O) groups excluding carboxylic acids is 1. The number of unbranched alkanes of at least 4 members (excludes halogenated alkanes) is 7. The second-order valence-corrected chi connectivity index (χ2v) is 7.10. The van der Waals surface area contributed by atoms with Crippen LogP contribution in [0.25, 0.3) is 0 Å². The Balaban J connectivity index is 1.60. The Kier molecular flexibility index (Phi) is 7.13. The van der Waals surface area contributed by atoms with Crippen molar-refractivity contribution in [3.63, 3.8) is 0 Å². The molecule has 4 unspecified atom stereocenters. The van der Waals surface area contributed by atoms with Gasteiger partial charge in [-0.25, -0.2) is 0 Å². The first kappa shape index (κ1) is 18.0. The lowest BCUT2D eigenvalue weighted by Crippen LogP contribution is -2.40. The van der Waals surface area contributed by atoms with Crippen LogP contribution in [0, 0.1) is 23.7 Å². The number of carbonyl (C=O) groups is 2. The van der Waals surface area contributed by atoms with Crippen LogP contribution in [-0.4, -0.2) is 23.5 Å². The van der Waals surface area contributed by atoms with E-state index in [1.807, 2.05) is 12.2 Å². The van der Waals surface area contributed by atoms with E-state index in [0.29, 0.717) is 6.54 Å². The Morgan fingerprint density at radius 3 is 2.13 bits per heavy atom. The predicted octanol–water partition coefficient (Wildman–Crippen LogP) is 3.77. The van der Waals surface area contributed by atoms with Crippen molar-refractivity contribution in [2.75, 3.05) is 6.54 Å². The maximum absolute atomic E-state index is 12.3. The van der Waals surface area contributed by atoms with Gasteiger partial charge in [-0.3, -0.25) is 9.59 Å². The maximum Gasteiger partial charge on any atom is 0.307 e. The molecular formula is C19H31NO3. The zero-order chi connectivity index (χ0) is 16.7. The zero-order valence-corrected chi connectivity index (χ0v) is 14.3. The van der Waals surface area contributed by atoms with Crippen molar-refractivity contribution < 1.29 is 14.7 Å². The fraction of sp³-hybridized carbons (Fsp3) is 0.789. The third-order valence-corrected chi connectivity index (χ3v) is 5.38. The highest BCUT2D eigenvalue weighted by atomic mass is 16.4. The second kappa shape index (κ2) is 9.09. The lowest BCUT2D eigenvalue weighted by molar-refractivity contribution is -0.147. The summed E-state index contributed by atoms with van der Waals surface area (Å²) < 4.78 is 0. The minimum atomic E-state index is -0.825. The number of rotatable bonds is 11. The standard InChI is InChI=1S/C19H31NO3/c1-2-3-4-5-6-7-8-9-12-20-18(21)16-14-10-11-15(13-14)17(16)19(22)23/h10-11,14-17H,2-9,12-13H2,1H3,(H,20,21)(H,22,23). The van der Waals surface area contributed by atoms with Crippen LogP contribution in [0.5, 0.6) is 0 Å². The number of aliphatic carboxylic acids is 1. The minimum Gasteiger partial charge on any atom is -0.481 e. The highest BCUT2D eigenvalue weighted by molar-refractivity contribution is 5.86. The molecule has 2 aliphatic carbocycles. The van der Waals surface area contributed by atoms with Crippen LogP contribution >= 0.6 is 0 Å². The Labute approximate surface area is 139 Å². The number of amides is 1. The summed E-state index contributed by atoms with van der Waals surface area (Å²) in [6.07, 6.45) is 14.8. The molecule has 0 aromatic carbocycles. The van der Waals surface area contributed by atoms with Crippen LogP contribution in [0.2, 0.25) is 0 Å². The summed E-state index contributed by atoms with van der Waals surface area (Å²) >= 11 is 0. The predicted molar refractivity (Wildman–Crippen MR) is 91.0 cm³/mol. The number of hydrogen-bond acceptors (Lipinski definition) is 2. The lowest BCUT2D eigenvalue weighted by Gasteiger charge is -2.23. The van der Waals surface area contributed by atoms with Crippen LogP contribution in [0.1, 0.15) is 64.7 Å². The summed E-state index contributed by atoms with van der Waals surface area (Å²) in [5, 5.41) is 12.3. The molecule has 0 aromatic rings. The van der Waals surface area contributed by atoms with Crippen molar-refractivity contribution in [3.8, 4) is 0 Å². The molecule has 4 nitrogen and oxygen atoms in total. The van der Waals surface area contributed by atoms with E-state index in [9.17, 15) is 14.7 Å².